The number of hydrogen-bond acceptors (Lipinski definition) is 3. The smallest absolute Gasteiger partial charge is 0.425 e. The predicted molar refractivity (Wildman–Crippen MR) is 68.2 cm³/mol. The second-order valence-electron chi connectivity index (χ2n) is 5.32. The number of hydrazine groups is 1. The van der Waals surface area contributed by atoms with Crippen LogP contribution in [0.3, 0.4) is 0 Å². The first-order chi connectivity index (χ1) is 7.98. The highest BCUT2D eigenvalue weighted by Crippen LogP contribution is 2.40. The standard InChI is InChI=1S/C13H24N2O2/c1-5-7-13(3,4)9-10-8-11(10)14-15-12(16)17-6-2/h14H,5-9H2,1-4H3,(H,15,16). The van der Waals surface area contributed by atoms with E-state index in [1.165, 1.54) is 18.4 Å². The number of amides is 1. The number of hydrogen-bond donors (Lipinski definition) is 2. The summed E-state index contributed by atoms with van der Waals surface area (Å²) in [7, 11) is 0. The van der Waals surface area contributed by atoms with E-state index >= 15 is 0 Å². The minimum Gasteiger partial charge on any atom is -0.449 e. The van der Waals surface area contributed by atoms with E-state index in [2.05, 4.69) is 31.6 Å². The Labute approximate surface area is 104 Å². The van der Waals surface area contributed by atoms with Crippen molar-refractivity contribution in [2.75, 3.05) is 6.61 Å². The Bertz CT molecular complexity index is 309. The molecule has 1 rings (SSSR count). The molecule has 4 nitrogen and oxygen atoms in total. The molecule has 0 saturated heterocycles. The van der Waals surface area contributed by atoms with E-state index in [9.17, 15) is 4.79 Å². The Hall–Kier alpha value is -1.19. The van der Waals surface area contributed by atoms with Crippen molar-refractivity contribution in [3.05, 3.63) is 11.3 Å². The topological polar surface area (TPSA) is 50.4 Å². The van der Waals surface area contributed by atoms with Gasteiger partial charge >= 0.3 is 6.09 Å². The van der Waals surface area contributed by atoms with Gasteiger partial charge in [0, 0.05) is 12.1 Å². The first kappa shape index (κ1) is 13.9. The highest BCUT2D eigenvalue weighted by Gasteiger charge is 2.28. The van der Waals surface area contributed by atoms with E-state index in [0.717, 1.165) is 18.5 Å². The Kier molecular flexibility index (Phi) is 4.85. The zero-order valence-corrected chi connectivity index (χ0v) is 11.4. The van der Waals surface area contributed by atoms with Gasteiger partial charge in [0.1, 0.15) is 0 Å². The molecule has 0 saturated carbocycles. The van der Waals surface area contributed by atoms with Crippen molar-refractivity contribution in [2.45, 2.75) is 53.4 Å². The SMILES string of the molecule is CCCC(C)(C)CC1=C(NNC(=O)OCC)C1. The molecule has 0 aliphatic heterocycles. The van der Waals surface area contributed by atoms with Gasteiger partial charge in [-0.3, -0.25) is 5.43 Å². The minimum atomic E-state index is -0.418. The Balaban J connectivity index is 2.27. The quantitative estimate of drug-likeness (QED) is 0.672. The maximum atomic E-state index is 11.1. The Morgan fingerprint density at radius 1 is 1.41 bits per heavy atom. The number of ether oxygens (including phenoxy) is 1. The average molecular weight is 240 g/mol. The highest BCUT2D eigenvalue weighted by molar-refractivity contribution is 5.66. The van der Waals surface area contributed by atoms with E-state index in [-0.39, 0.29) is 0 Å². The third-order valence-corrected chi connectivity index (χ3v) is 2.90. The van der Waals surface area contributed by atoms with Gasteiger partial charge < -0.3 is 4.74 Å². The van der Waals surface area contributed by atoms with Gasteiger partial charge in [-0.2, -0.15) is 0 Å². The summed E-state index contributed by atoms with van der Waals surface area (Å²) in [5.74, 6) is 0. The molecule has 17 heavy (non-hydrogen) atoms. The zero-order chi connectivity index (χ0) is 12.9. The molecule has 0 unspecified atom stereocenters. The van der Waals surface area contributed by atoms with Gasteiger partial charge in [0.25, 0.3) is 0 Å². The first-order valence-electron chi connectivity index (χ1n) is 6.38. The van der Waals surface area contributed by atoms with Gasteiger partial charge in [-0.15, -0.1) is 0 Å². The van der Waals surface area contributed by atoms with Crippen LogP contribution in [-0.2, 0) is 4.74 Å². The van der Waals surface area contributed by atoms with Crippen LogP contribution in [-0.4, -0.2) is 12.7 Å². The van der Waals surface area contributed by atoms with Crippen LogP contribution < -0.4 is 10.9 Å². The normalized spacial score (nSPS) is 14.6. The van der Waals surface area contributed by atoms with Crippen molar-refractivity contribution in [3.8, 4) is 0 Å². The largest absolute Gasteiger partial charge is 0.449 e. The molecule has 98 valence electrons. The van der Waals surface area contributed by atoms with Crippen molar-refractivity contribution < 1.29 is 9.53 Å². The molecule has 0 aromatic heterocycles. The summed E-state index contributed by atoms with van der Waals surface area (Å²) in [5.41, 5.74) is 8.35. The fraction of sp³-hybridized carbons (Fsp3) is 0.769. The van der Waals surface area contributed by atoms with Crippen LogP contribution in [0.2, 0.25) is 0 Å². The van der Waals surface area contributed by atoms with Crippen LogP contribution in [0.5, 0.6) is 0 Å². The number of carbonyl (C=O) groups excluding carboxylic acids is 1. The summed E-state index contributed by atoms with van der Waals surface area (Å²) in [4.78, 5) is 11.1. The van der Waals surface area contributed by atoms with Gasteiger partial charge in [0.05, 0.1) is 6.61 Å². The molecule has 0 atom stereocenters. The lowest BCUT2D eigenvalue weighted by Gasteiger charge is -2.22. The number of nitrogens with one attached hydrogen (secondary N) is 2. The molecule has 4 heteroatoms. The summed E-state index contributed by atoms with van der Waals surface area (Å²) < 4.78 is 4.76. The summed E-state index contributed by atoms with van der Waals surface area (Å²) in [6.07, 6.45) is 4.12. The predicted octanol–water partition coefficient (Wildman–Crippen LogP) is 3.11. The van der Waals surface area contributed by atoms with Crippen molar-refractivity contribution in [1.29, 1.82) is 0 Å². The summed E-state index contributed by atoms with van der Waals surface area (Å²) in [6, 6.07) is 0. The van der Waals surface area contributed by atoms with E-state index in [1.54, 1.807) is 6.92 Å². The third kappa shape index (κ3) is 5.11. The van der Waals surface area contributed by atoms with Crippen molar-refractivity contribution >= 4 is 6.09 Å². The average Bonchev–Trinajstić information content (AvgIpc) is 2.93. The Morgan fingerprint density at radius 2 is 2.12 bits per heavy atom. The first-order valence-corrected chi connectivity index (χ1v) is 6.38. The van der Waals surface area contributed by atoms with Crippen molar-refractivity contribution in [2.24, 2.45) is 5.41 Å². The molecular weight excluding hydrogens is 216 g/mol. The number of carbonyl (C=O) groups is 1. The summed E-state index contributed by atoms with van der Waals surface area (Å²) >= 11 is 0. The van der Waals surface area contributed by atoms with Crippen molar-refractivity contribution in [1.82, 2.24) is 10.9 Å². The molecule has 0 bridgehead atoms. The lowest BCUT2D eigenvalue weighted by Crippen LogP contribution is -2.35. The van der Waals surface area contributed by atoms with E-state index in [1.807, 2.05) is 0 Å². The lowest BCUT2D eigenvalue weighted by molar-refractivity contribution is 0.149. The van der Waals surface area contributed by atoms with Crippen LogP contribution in [0.25, 0.3) is 0 Å². The molecule has 0 spiro atoms. The molecule has 2 N–H and O–H groups in total. The van der Waals surface area contributed by atoms with Crippen LogP contribution in [0, 0.1) is 5.41 Å². The summed E-state index contributed by atoms with van der Waals surface area (Å²) in [6.45, 7) is 8.97. The second kappa shape index (κ2) is 5.94. The van der Waals surface area contributed by atoms with Gasteiger partial charge in [-0.25, -0.2) is 10.2 Å². The van der Waals surface area contributed by atoms with Crippen LogP contribution >= 0.6 is 0 Å². The molecular formula is C13H24N2O2. The molecule has 1 amide bonds. The van der Waals surface area contributed by atoms with E-state index in [4.69, 9.17) is 4.74 Å². The number of rotatable bonds is 7. The van der Waals surface area contributed by atoms with E-state index in [0.29, 0.717) is 12.0 Å². The molecule has 0 aromatic carbocycles. The van der Waals surface area contributed by atoms with Gasteiger partial charge in [-0.05, 0) is 30.8 Å². The van der Waals surface area contributed by atoms with Crippen LogP contribution in [0.15, 0.2) is 11.3 Å². The maximum absolute atomic E-state index is 11.1. The van der Waals surface area contributed by atoms with Crippen molar-refractivity contribution in [3.63, 3.8) is 0 Å². The van der Waals surface area contributed by atoms with Crippen LogP contribution in [0.1, 0.15) is 53.4 Å². The summed E-state index contributed by atoms with van der Waals surface area (Å²) in [5, 5.41) is 0. The fourth-order valence-corrected chi connectivity index (χ4v) is 2.11. The fourth-order valence-electron chi connectivity index (χ4n) is 2.11. The second-order valence-corrected chi connectivity index (χ2v) is 5.32. The third-order valence-electron chi connectivity index (χ3n) is 2.90. The van der Waals surface area contributed by atoms with Gasteiger partial charge in [0.15, 0.2) is 0 Å². The monoisotopic (exact) mass is 240 g/mol. The minimum absolute atomic E-state index is 0.359. The molecule has 1 aliphatic carbocycles. The molecule has 0 aromatic rings. The molecule has 0 heterocycles. The van der Waals surface area contributed by atoms with Crippen LogP contribution in [0.4, 0.5) is 4.79 Å². The Morgan fingerprint density at radius 3 is 2.71 bits per heavy atom. The molecule has 0 fully saturated rings. The van der Waals surface area contributed by atoms with Gasteiger partial charge in [0.2, 0.25) is 0 Å². The zero-order valence-electron chi connectivity index (χ0n) is 11.4. The lowest BCUT2D eigenvalue weighted by atomic mass is 9.83. The maximum Gasteiger partial charge on any atom is 0.425 e. The van der Waals surface area contributed by atoms with E-state index < -0.39 is 6.09 Å². The highest BCUT2D eigenvalue weighted by atomic mass is 16.5. The number of allylic oxidation sites excluding steroid dienone is 2. The van der Waals surface area contributed by atoms with Gasteiger partial charge in [-0.1, -0.05) is 27.2 Å². The molecule has 0 radical (unpaired) electrons. The molecule has 1 aliphatic rings.